The molecule has 0 heterocycles. The molecule has 4 unspecified atom stereocenters. The standard InChI is InChI=1S/C11H23N/c1-5-8(3)9(6-2)10-7-11(10)12-4/h8-12H,5-7H2,1-4H3. The zero-order valence-corrected chi connectivity index (χ0v) is 8.93. The molecule has 0 bridgehead atoms. The van der Waals surface area contributed by atoms with Gasteiger partial charge in [0.1, 0.15) is 0 Å². The number of hydrogen-bond donors (Lipinski definition) is 1. The third kappa shape index (κ3) is 2.01. The van der Waals surface area contributed by atoms with Crippen molar-refractivity contribution in [2.45, 2.75) is 46.1 Å². The Morgan fingerprint density at radius 3 is 2.33 bits per heavy atom. The first-order valence-electron chi connectivity index (χ1n) is 5.41. The van der Waals surface area contributed by atoms with Crippen LogP contribution in [0.1, 0.15) is 40.0 Å². The molecule has 12 heavy (non-hydrogen) atoms. The van der Waals surface area contributed by atoms with E-state index in [-0.39, 0.29) is 0 Å². The van der Waals surface area contributed by atoms with Gasteiger partial charge in [-0.3, -0.25) is 0 Å². The van der Waals surface area contributed by atoms with Crippen LogP contribution in [0.25, 0.3) is 0 Å². The van der Waals surface area contributed by atoms with Gasteiger partial charge in [-0.05, 0) is 31.2 Å². The van der Waals surface area contributed by atoms with Crippen molar-refractivity contribution in [1.29, 1.82) is 0 Å². The Bertz CT molecular complexity index is 133. The third-order valence-electron chi connectivity index (χ3n) is 3.61. The monoisotopic (exact) mass is 169 g/mol. The predicted octanol–water partition coefficient (Wildman–Crippen LogP) is 2.67. The lowest BCUT2D eigenvalue weighted by atomic mass is 9.85. The average molecular weight is 169 g/mol. The molecule has 0 aromatic rings. The van der Waals surface area contributed by atoms with Crippen LogP contribution in [0.3, 0.4) is 0 Å². The van der Waals surface area contributed by atoms with Gasteiger partial charge < -0.3 is 5.32 Å². The highest BCUT2D eigenvalue weighted by Gasteiger charge is 2.42. The first-order chi connectivity index (χ1) is 5.74. The summed E-state index contributed by atoms with van der Waals surface area (Å²) < 4.78 is 0. The van der Waals surface area contributed by atoms with Crippen LogP contribution in [0.4, 0.5) is 0 Å². The summed E-state index contributed by atoms with van der Waals surface area (Å²) in [6.07, 6.45) is 4.11. The lowest BCUT2D eigenvalue weighted by Gasteiger charge is -2.21. The lowest BCUT2D eigenvalue weighted by molar-refractivity contribution is 0.291. The Hall–Kier alpha value is -0.0400. The van der Waals surface area contributed by atoms with Crippen LogP contribution in [0.5, 0.6) is 0 Å². The molecule has 1 nitrogen and oxygen atoms in total. The Balaban J connectivity index is 2.36. The van der Waals surface area contributed by atoms with Gasteiger partial charge >= 0.3 is 0 Å². The van der Waals surface area contributed by atoms with Gasteiger partial charge in [-0.25, -0.2) is 0 Å². The molecule has 1 rings (SSSR count). The first kappa shape index (κ1) is 10.0. The molecule has 1 aliphatic carbocycles. The molecule has 1 N–H and O–H groups in total. The molecule has 0 saturated heterocycles. The SMILES string of the molecule is CCC(C)C(CC)C1CC1NC. The largest absolute Gasteiger partial charge is 0.317 e. The summed E-state index contributed by atoms with van der Waals surface area (Å²) in [6, 6.07) is 0.837. The molecule has 1 heteroatoms. The fourth-order valence-electron chi connectivity index (χ4n) is 2.45. The molecule has 1 aliphatic rings. The smallest absolute Gasteiger partial charge is 0.00989 e. The fourth-order valence-corrected chi connectivity index (χ4v) is 2.45. The summed E-state index contributed by atoms with van der Waals surface area (Å²) in [7, 11) is 2.09. The van der Waals surface area contributed by atoms with Gasteiger partial charge in [0.15, 0.2) is 0 Å². The van der Waals surface area contributed by atoms with Gasteiger partial charge in [0.05, 0.1) is 0 Å². The summed E-state index contributed by atoms with van der Waals surface area (Å²) in [5, 5.41) is 3.38. The molecule has 0 aliphatic heterocycles. The van der Waals surface area contributed by atoms with E-state index >= 15 is 0 Å². The van der Waals surface area contributed by atoms with E-state index in [2.05, 4.69) is 33.1 Å². The van der Waals surface area contributed by atoms with E-state index in [0.29, 0.717) is 0 Å². The maximum Gasteiger partial charge on any atom is 0.00989 e. The maximum absolute atomic E-state index is 3.38. The lowest BCUT2D eigenvalue weighted by Crippen LogP contribution is -2.19. The van der Waals surface area contributed by atoms with Crippen LogP contribution >= 0.6 is 0 Å². The highest BCUT2D eigenvalue weighted by molar-refractivity contribution is 4.97. The van der Waals surface area contributed by atoms with Crippen LogP contribution in [0.2, 0.25) is 0 Å². The molecule has 0 amide bonds. The Labute approximate surface area is 76.9 Å². The summed E-state index contributed by atoms with van der Waals surface area (Å²) in [5.41, 5.74) is 0. The van der Waals surface area contributed by atoms with Crippen LogP contribution < -0.4 is 5.32 Å². The average Bonchev–Trinajstić information content (AvgIpc) is 2.85. The second-order valence-corrected chi connectivity index (χ2v) is 4.25. The Kier molecular flexibility index (Phi) is 3.57. The summed E-state index contributed by atoms with van der Waals surface area (Å²) in [6.45, 7) is 7.05. The van der Waals surface area contributed by atoms with E-state index in [9.17, 15) is 0 Å². The van der Waals surface area contributed by atoms with Crippen molar-refractivity contribution in [3.63, 3.8) is 0 Å². The molecule has 0 aromatic heterocycles. The van der Waals surface area contributed by atoms with Crippen LogP contribution in [-0.4, -0.2) is 13.1 Å². The Morgan fingerprint density at radius 2 is 2.00 bits per heavy atom. The van der Waals surface area contributed by atoms with Crippen molar-refractivity contribution >= 4 is 0 Å². The van der Waals surface area contributed by atoms with E-state index in [1.165, 1.54) is 19.3 Å². The van der Waals surface area contributed by atoms with Crippen molar-refractivity contribution in [2.75, 3.05) is 7.05 Å². The zero-order valence-electron chi connectivity index (χ0n) is 8.93. The van der Waals surface area contributed by atoms with Crippen molar-refractivity contribution in [3.05, 3.63) is 0 Å². The van der Waals surface area contributed by atoms with Crippen LogP contribution in [0.15, 0.2) is 0 Å². The Morgan fingerprint density at radius 1 is 1.33 bits per heavy atom. The second-order valence-electron chi connectivity index (χ2n) is 4.25. The molecule has 0 spiro atoms. The van der Waals surface area contributed by atoms with Gasteiger partial charge in [-0.15, -0.1) is 0 Å². The number of nitrogens with one attached hydrogen (secondary N) is 1. The molecule has 0 aromatic carbocycles. The second kappa shape index (κ2) is 4.27. The van der Waals surface area contributed by atoms with Crippen molar-refractivity contribution in [3.8, 4) is 0 Å². The number of hydrogen-bond acceptors (Lipinski definition) is 1. The van der Waals surface area contributed by atoms with Gasteiger partial charge in [0, 0.05) is 6.04 Å². The minimum absolute atomic E-state index is 0.837. The summed E-state index contributed by atoms with van der Waals surface area (Å²) >= 11 is 0. The maximum atomic E-state index is 3.38. The molecule has 1 saturated carbocycles. The van der Waals surface area contributed by atoms with Crippen LogP contribution in [-0.2, 0) is 0 Å². The minimum Gasteiger partial charge on any atom is -0.317 e. The zero-order chi connectivity index (χ0) is 9.14. The van der Waals surface area contributed by atoms with E-state index in [1.54, 1.807) is 0 Å². The fraction of sp³-hybridized carbons (Fsp3) is 1.00. The first-order valence-corrected chi connectivity index (χ1v) is 5.41. The van der Waals surface area contributed by atoms with E-state index in [0.717, 1.165) is 23.8 Å². The summed E-state index contributed by atoms with van der Waals surface area (Å²) in [5.74, 6) is 2.86. The minimum atomic E-state index is 0.837. The van der Waals surface area contributed by atoms with E-state index in [1.807, 2.05) is 0 Å². The highest BCUT2D eigenvalue weighted by Crippen LogP contribution is 2.43. The molecule has 4 atom stereocenters. The molecule has 1 fully saturated rings. The van der Waals surface area contributed by atoms with Crippen molar-refractivity contribution in [1.82, 2.24) is 5.32 Å². The molecular weight excluding hydrogens is 146 g/mol. The molecule has 0 radical (unpaired) electrons. The van der Waals surface area contributed by atoms with Crippen molar-refractivity contribution < 1.29 is 0 Å². The van der Waals surface area contributed by atoms with Crippen LogP contribution in [0, 0.1) is 17.8 Å². The normalized spacial score (nSPS) is 33.0. The van der Waals surface area contributed by atoms with Gasteiger partial charge in [0.25, 0.3) is 0 Å². The summed E-state index contributed by atoms with van der Waals surface area (Å²) in [4.78, 5) is 0. The highest BCUT2D eigenvalue weighted by atomic mass is 14.9. The molecular formula is C11H23N. The molecule has 72 valence electrons. The van der Waals surface area contributed by atoms with Gasteiger partial charge in [-0.1, -0.05) is 33.6 Å². The quantitative estimate of drug-likeness (QED) is 0.667. The van der Waals surface area contributed by atoms with E-state index in [4.69, 9.17) is 0 Å². The number of rotatable bonds is 5. The predicted molar refractivity (Wildman–Crippen MR) is 54.2 cm³/mol. The van der Waals surface area contributed by atoms with E-state index < -0.39 is 0 Å². The van der Waals surface area contributed by atoms with Gasteiger partial charge in [-0.2, -0.15) is 0 Å². The third-order valence-corrected chi connectivity index (χ3v) is 3.61. The topological polar surface area (TPSA) is 12.0 Å². The van der Waals surface area contributed by atoms with Crippen molar-refractivity contribution in [2.24, 2.45) is 17.8 Å². The van der Waals surface area contributed by atoms with Gasteiger partial charge in [0.2, 0.25) is 0 Å².